The van der Waals surface area contributed by atoms with Gasteiger partial charge in [-0.2, -0.15) is 0 Å². The summed E-state index contributed by atoms with van der Waals surface area (Å²) in [4.78, 5) is 4.51. The van der Waals surface area contributed by atoms with Crippen LogP contribution in [0.3, 0.4) is 0 Å². The summed E-state index contributed by atoms with van der Waals surface area (Å²) in [5.74, 6) is -0.680. The van der Waals surface area contributed by atoms with Crippen molar-refractivity contribution >= 4 is 21.5 Å². The quantitative estimate of drug-likeness (QED) is 0.567. The van der Waals surface area contributed by atoms with E-state index in [4.69, 9.17) is 4.74 Å². The second-order valence-corrected chi connectivity index (χ2v) is 9.22. The Labute approximate surface area is 179 Å². The zero-order valence-corrected chi connectivity index (χ0v) is 17.8. The van der Waals surface area contributed by atoms with E-state index in [2.05, 4.69) is 15.0 Å². The van der Waals surface area contributed by atoms with Crippen LogP contribution in [0, 0.1) is 18.6 Å². The lowest BCUT2D eigenvalue weighted by Crippen LogP contribution is -2.14. The zero-order valence-electron chi connectivity index (χ0n) is 17.0. The highest BCUT2D eigenvalue weighted by Crippen LogP contribution is 2.41. The molecule has 9 heteroatoms. The van der Waals surface area contributed by atoms with Gasteiger partial charge in [0.15, 0.2) is 11.6 Å². The molecular weight excluding hydrogens is 424 g/mol. The molecule has 0 atom stereocenters. The Hall–Kier alpha value is -3.20. The Kier molecular flexibility index (Phi) is 5.53. The van der Waals surface area contributed by atoms with Gasteiger partial charge in [-0.1, -0.05) is 0 Å². The molecule has 0 unspecified atom stereocenters. The first-order valence-electron chi connectivity index (χ1n) is 9.78. The summed E-state index contributed by atoms with van der Waals surface area (Å²) in [5.41, 5.74) is 3.47. The Morgan fingerprint density at radius 2 is 1.87 bits per heavy atom. The largest absolute Gasteiger partial charge is 0.454 e. The maximum atomic E-state index is 14.2. The second-order valence-electron chi connectivity index (χ2n) is 7.21. The van der Waals surface area contributed by atoms with Crippen LogP contribution >= 0.6 is 0 Å². The molecule has 31 heavy (non-hydrogen) atoms. The SMILES string of the molecule is CCS(=O)(=O)Nc1ccc(Oc2ccc(F)cc2F)c(-c2cc(C)nc3c2CCN3)c1. The lowest BCUT2D eigenvalue weighted by molar-refractivity contribution is 0.439. The molecule has 1 aliphatic rings. The van der Waals surface area contributed by atoms with Gasteiger partial charge in [0, 0.05) is 35.1 Å². The molecule has 0 fully saturated rings. The van der Waals surface area contributed by atoms with Crippen LogP contribution in [0.15, 0.2) is 42.5 Å². The summed E-state index contributed by atoms with van der Waals surface area (Å²) in [7, 11) is -3.49. The van der Waals surface area contributed by atoms with Crippen LogP contribution in [0.2, 0.25) is 0 Å². The van der Waals surface area contributed by atoms with Gasteiger partial charge in [-0.05, 0) is 62.2 Å². The van der Waals surface area contributed by atoms with Crippen LogP contribution < -0.4 is 14.8 Å². The zero-order chi connectivity index (χ0) is 22.2. The van der Waals surface area contributed by atoms with Crippen LogP contribution in [0.25, 0.3) is 11.1 Å². The summed E-state index contributed by atoms with van der Waals surface area (Å²) < 4.78 is 60.0. The fourth-order valence-electron chi connectivity index (χ4n) is 3.47. The third kappa shape index (κ3) is 4.46. The van der Waals surface area contributed by atoms with E-state index in [1.54, 1.807) is 25.1 Å². The fraction of sp³-hybridized carbons (Fsp3) is 0.227. The van der Waals surface area contributed by atoms with Gasteiger partial charge in [0.2, 0.25) is 10.0 Å². The molecule has 2 aromatic carbocycles. The van der Waals surface area contributed by atoms with Crippen molar-refractivity contribution in [1.82, 2.24) is 4.98 Å². The molecule has 162 valence electrons. The highest BCUT2D eigenvalue weighted by atomic mass is 32.2. The van der Waals surface area contributed by atoms with E-state index in [1.165, 1.54) is 6.07 Å². The van der Waals surface area contributed by atoms with Crippen LogP contribution in [0.1, 0.15) is 18.2 Å². The van der Waals surface area contributed by atoms with Crippen LogP contribution in [-0.2, 0) is 16.4 Å². The van der Waals surface area contributed by atoms with E-state index in [-0.39, 0.29) is 11.5 Å². The first-order chi connectivity index (χ1) is 14.8. The number of hydrogen-bond acceptors (Lipinski definition) is 5. The molecule has 0 saturated carbocycles. The molecule has 0 spiro atoms. The van der Waals surface area contributed by atoms with Gasteiger partial charge in [0.05, 0.1) is 5.75 Å². The first kappa shape index (κ1) is 21.0. The number of nitrogens with one attached hydrogen (secondary N) is 2. The minimum Gasteiger partial charge on any atom is -0.454 e. The number of nitrogens with zero attached hydrogens (tertiary/aromatic N) is 1. The van der Waals surface area contributed by atoms with Gasteiger partial charge >= 0.3 is 0 Å². The van der Waals surface area contributed by atoms with Crippen LogP contribution in [0.5, 0.6) is 11.5 Å². The number of aryl methyl sites for hydroxylation is 1. The number of benzene rings is 2. The van der Waals surface area contributed by atoms with E-state index in [0.29, 0.717) is 17.0 Å². The number of hydrogen-bond donors (Lipinski definition) is 2. The number of ether oxygens (including phenoxy) is 1. The number of rotatable bonds is 6. The van der Waals surface area contributed by atoms with E-state index in [1.807, 2.05) is 13.0 Å². The van der Waals surface area contributed by atoms with Gasteiger partial charge in [-0.3, -0.25) is 4.72 Å². The van der Waals surface area contributed by atoms with Crippen molar-refractivity contribution in [1.29, 1.82) is 0 Å². The van der Waals surface area contributed by atoms with Gasteiger partial charge in [0.1, 0.15) is 17.4 Å². The Morgan fingerprint density at radius 1 is 1.10 bits per heavy atom. The fourth-order valence-corrected chi connectivity index (χ4v) is 4.10. The molecule has 6 nitrogen and oxygen atoms in total. The predicted molar refractivity (Wildman–Crippen MR) is 116 cm³/mol. The van der Waals surface area contributed by atoms with Crippen LogP contribution in [-0.4, -0.2) is 25.7 Å². The number of anilines is 2. The minimum atomic E-state index is -3.49. The molecule has 1 aliphatic heterocycles. The molecule has 3 aromatic rings. The summed E-state index contributed by atoms with van der Waals surface area (Å²) in [6.45, 7) is 4.13. The number of halogens is 2. The Balaban J connectivity index is 1.86. The number of pyridine rings is 1. The highest BCUT2D eigenvalue weighted by molar-refractivity contribution is 7.92. The molecule has 0 aliphatic carbocycles. The van der Waals surface area contributed by atoms with Crippen molar-refractivity contribution in [3.05, 3.63) is 65.4 Å². The van der Waals surface area contributed by atoms with Crippen molar-refractivity contribution in [3.8, 4) is 22.6 Å². The third-order valence-electron chi connectivity index (χ3n) is 4.96. The number of fused-ring (bicyclic) bond motifs is 1. The number of aromatic nitrogens is 1. The van der Waals surface area contributed by atoms with Crippen molar-refractivity contribution < 1.29 is 21.9 Å². The standard InChI is InChI=1S/C22H21F2N3O3S/c1-3-31(28,29)27-15-5-7-20(30-21-6-4-14(23)11-19(21)24)18(12-15)17-10-13(2)26-22-16(17)8-9-25-22/h4-7,10-12,27H,3,8-9H2,1-2H3,(H,25,26). The van der Waals surface area contributed by atoms with Crippen molar-refractivity contribution in [2.45, 2.75) is 20.3 Å². The van der Waals surface area contributed by atoms with E-state index >= 15 is 0 Å². The first-order valence-corrected chi connectivity index (χ1v) is 11.4. The molecule has 0 radical (unpaired) electrons. The van der Waals surface area contributed by atoms with E-state index < -0.39 is 21.7 Å². The molecule has 2 N–H and O–H groups in total. The summed E-state index contributed by atoms with van der Waals surface area (Å²) in [6, 6.07) is 9.71. The number of sulfonamides is 1. The van der Waals surface area contributed by atoms with Crippen molar-refractivity contribution in [2.75, 3.05) is 22.3 Å². The van der Waals surface area contributed by atoms with Crippen molar-refractivity contribution in [2.24, 2.45) is 0 Å². The average Bonchev–Trinajstić information content (AvgIpc) is 3.18. The lowest BCUT2D eigenvalue weighted by Gasteiger charge is -2.17. The van der Waals surface area contributed by atoms with Gasteiger partial charge < -0.3 is 10.1 Å². The molecule has 1 aromatic heterocycles. The normalized spacial score (nSPS) is 12.9. The average molecular weight is 445 g/mol. The highest BCUT2D eigenvalue weighted by Gasteiger charge is 2.22. The predicted octanol–water partition coefficient (Wildman–Crippen LogP) is 4.86. The monoisotopic (exact) mass is 445 g/mol. The van der Waals surface area contributed by atoms with Gasteiger partial charge in [-0.15, -0.1) is 0 Å². The molecule has 2 heterocycles. The summed E-state index contributed by atoms with van der Waals surface area (Å²) in [5, 5.41) is 3.23. The maximum Gasteiger partial charge on any atom is 0.232 e. The lowest BCUT2D eigenvalue weighted by atomic mass is 9.97. The minimum absolute atomic E-state index is 0.0743. The third-order valence-corrected chi connectivity index (χ3v) is 6.26. The van der Waals surface area contributed by atoms with Crippen LogP contribution in [0.4, 0.5) is 20.3 Å². The second kappa shape index (κ2) is 8.14. The molecule has 4 rings (SSSR count). The maximum absolute atomic E-state index is 14.2. The topological polar surface area (TPSA) is 80.3 Å². The molecule has 0 amide bonds. The molecule has 0 bridgehead atoms. The summed E-state index contributed by atoms with van der Waals surface area (Å²) >= 11 is 0. The summed E-state index contributed by atoms with van der Waals surface area (Å²) in [6.07, 6.45) is 0.729. The molecular formula is C22H21F2N3O3S. The molecule has 0 saturated heterocycles. The van der Waals surface area contributed by atoms with Gasteiger partial charge in [-0.25, -0.2) is 22.2 Å². The van der Waals surface area contributed by atoms with E-state index in [0.717, 1.165) is 47.7 Å². The Bertz CT molecular complexity index is 1260. The van der Waals surface area contributed by atoms with Crippen molar-refractivity contribution in [3.63, 3.8) is 0 Å². The van der Waals surface area contributed by atoms with Gasteiger partial charge in [0.25, 0.3) is 0 Å². The smallest absolute Gasteiger partial charge is 0.232 e. The Morgan fingerprint density at radius 3 is 2.61 bits per heavy atom. The van der Waals surface area contributed by atoms with E-state index in [9.17, 15) is 17.2 Å².